The molecule has 1 aromatic carbocycles. The Morgan fingerprint density at radius 3 is 2.03 bits per heavy atom. The number of hydrogen-bond acceptors (Lipinski definition) is 3. The van der Waals surface area contributed by atoms with E-state index in [1.54, 1.807) is 11.0 Å². The van der Waals surface area contributed by atoms with Crippen LogP contribution in [0, 0.1) is 11.8 Å². The number of allylic oxidation sites excluding steroid dienone is 1. The minimum absolute atomic E-state index is 0.0970. The zero-order chi connectivity index (χ0) is 25.0. The van der Waals surface area contributed by atoms with Crippen molar-refractivity contribution in [1.29, 1.82) is 0 Å². The second-order valence-electron chi connectivity index (χ2n) is 10.3. The smallest absolute Gasteiger partial charge is 0.410 e. The first-order valence-corrected chi connectivity index (χ1v) is 14.6. The molecular weight excluding hydrogens is 426 g/mol. The van der Waals surface area contributed by atoms with E-state index in [1.165, 1.54) is 0 Å². The minimum Gasteiger partial charge on any atom is -0.445 e. The summed E-state index contributed by atoms with van der Waals surface area (Å²) >= 11 is 0. The Morgan fingerprint density at radius 1 is 0.970 bits per heavy atom. The van der Waals surface area contributed by atoms with Crippen LogP contribution in [0.25, 0.3) is 0 Å². The molecule has 4 nitrogen and oxygen atoms in total. The van der Waals surface area contributed by atoms with Crippen molar-refractivity contribution in [2.75, 3.05) is 19.7 Å². The van der Waals surface area contributed by atoms with Gasteiger partial charge in [-0.25, -0.2) is 4.79 Å². The van der Waals surface area contributed by atoms with E-state index in [9.17, 15) is 4.79 Å². The summed E-state index contributed by atoms with van der Waals surface area (Å²) < 4.78 is 12.5. The predicted molar refractivity (Wildman–Crippen MR) is 143 cm³/mol. The molecule has 0 aliphatic carbocycles. The van der Waals surface area contributed by atoms with E-state index in [1.807, 2.05) is 30.3 Å². The minimum atomic E-state index is -1.99. The molecule has 0 radical (unpaired) electrons. The molecule has 1 atom stereocenters. The molecule has 5 heteroatoms. The molecule has 1 rings (SSSR count). The molecule has 1 aromatic rings. The molecule has 0 heterocycles. The summed E-state index contributed by atoms with van der Waals surface area (Å²) in [5.74, 6) is 0.535. The Hall–Kier alpha value is -1.85. The maximum atomic E-state index is 12.9. The van der Waals surface area contributed by atoms with Gasteiger partial charge in [-0.15, -0.1) is 6.58 Å². The zero-order valence-corrected chi connectivity index (χ0v) is 23.2. The summed E-state index contributed by atoms with van der Waals surface area (Å²) in [6, 6.07) is 9.77. The van der Waals surface area contributed by atoms with Gasteiger partial charge in [0.15, 0.2) is 8.32 Å². The predicted octanol–water partition coefficient (Wildman–Crippen LogP) is 7.83. The maximum Gasteiger partial charge on any atom is 0.410 e. The van der Waals surface area contributed by atoms with Crippen molar-refractivity contribution in [3.05, 3.63) is 60.7 Å². The van der Waals surface area contributed by atoms with Crippen molar-refractivity contribution in [3.8, 4) is 0 Å². The summed E-state index contributed by atoms with van der Waals surface area (Å²) in [6.45, 7) is 23.9. The lowest BCUT2D eigenvalue weighted by molar-refractivity contribution is 0.0927. The van der Waals surface area contributed by atoms with Crippen LogP contribution in [0.15, 0.2) is 55.1 Å². The monoisotopic (exact) mass is 473 g/mol. The first-order chi connectivity index (χ1) is 15.5. The fourth-order valence-electron chi connectivity index (χ4n) is 4.77. The molecule has 0 N–H and O–H groups in total. The highest BCUT2D eigenvalue weighted by Gasteiger charge is 2.45. The molecule has 33 heavy (non-hydrogen) atoms. The Balaban J connectivity index is 3.00. The summed E-state index contributed by atoms with van der Waals surface area (Å²) in [7, 11) is -1.99. The normalized spacial score (nSPS) is 13.3. The van der Waals surface area contributed by atoms with Crippen LogP contribution in [-0.2, 0) is 15.8 Å². The summed E-state index contributed by atoms with van der Waals surface area (Å²) in [6.07, 6.45) is 5.86. The lowest BCUT2D eigenvalue weighted by Gasteiger charge is -2.43. The van der Waals surface area contributed by atoms with Gasteiger partial charge >= 0.3 is 6.09 Å². The molecule has 0 bridgehead atoms. The van der Waals surface area contributed by atoms with Gasteiger partial charge in [-0.3, -0.25) is 0 Å². The van der Waals surface area contributed by atoms with E-state index in [0.717, 1.165) is 5.56 Å². The number of carbonyl (C=O) groups excluding carboxylic acids is 1. The molecule has 0 spiro atoms. The highest BCUT2D eigenvalue weighted by Crippen LogP contribution is 2.42. The number of amides is 1. The molecule has 1 amide bonds. The number of hydrogen-bond donors (Lipinski definition) is 0. The number of benzene rings is 1. The fourth-order valence-corrected chi connectivity index (χ4v) is 10.3. The number of rotatable bonds is 14. The van der Waals surface area contributed by atoms with E-state index in [0.29, 0.717) is 42.2 Å². The molecule has 0 unspecified atom stereocenters. The highest BCUT2D eigenvalue weighted by atomic mass is 28.4. The van der Waals surface area contributed by atoms with E-state index < -0.39 is 8.32 Å². The van der Waals surface area contributed by atoms with Crippen molar-refractivity contribution >= 4 is 14.4 Å². The lowest BCUT2D eigenvalue weighted by Crippen LogP contribution is -2.49. The van der Waals surface area contributed by atoms with Crippen molar-refractivity contribution in [2.24, 2.45) is 11.8 Å². The van der Waals surface area contributed by atoms with E-state index in [-0.39, 0.29) is 18.6 Å². The van der Waals surface area contributed by atoms with Gasteiger partial charge in [0.25, 0.3) is 0 Å². The number of carbonyl (C=O) groups is 1. The average Bonchev–Trinajstić information content (AvgIpc) is 2.75. The van der Waals surface area contributed by atoms with Crippen molar-refractivity contribution in [1.82, 2.24) is 4.90 Å². The van der Waals surface area contributed by atoms with Gasteiger partial charge in [0, 0.05) is 25.6 Å². The number of ether oxygens (including phenoxy) is 1. The van der Waals surface area contributed by atoms with Gasteiger partial charge < -0.3 is 14.1 Å². The Morgan fingerprint density at radius 2 is 1.55 bits per heavy atom. The van der Waals surface area contributed by atoms with Gasteiger partial charge in [-0.2, -0.15) is 0 Å². The number of nitrogens with zero attached hydrogens (tertiary/aromatic N) is 1. The highest BCUT2D eigenvalue weighted by molar-refractivity contribution is 6.77. The van der Waals surface area contributed by atoms with Gasteiger partial charge in [-0.05, 0) is 28.1 Å². The van der Waals surface area contributed by atoms with Crippen LogP contribution >= 0.6 is 0 Å². The molecule has 0 aliphatic rings. The van der Waals surface area contributed by atoms with Gasteiger partial charge in [0.2, 0.25) is 0 Å². The van der Waals surface area contributed by atoms with Crippen molar-refractivity contribution < 1.29 is 14.0 Å². The zero-order valence-electron chi connectivity index (χ0n) is 22.2. The largest absolute Gasteiger partial charge is 0.445 e. The third-order valence-electron chi connectivity index (χ3n) is 6.29. The summed E-state index contributed by atoms with van der Waals surface area (Å²) in [5.41, 5.74) is 2.54. The molecule has 0 saturated heterocycles. The summed E-state index contributed by atoms with van der Waals surface area (Å²) in [5, 5.41) is 0. The molecule has 186 valence electrons. The first-order valence-electron chi connectivity index (χ1n) is 12.4. The SMILES string of the molecule is C=CCN(C[C@@H](/C=C/C(C)C)CO[Si](C(C)C)(C(C)C)C(C)C)C(=O)OCc1ccccc1. The lowest BCUT2D eigenvalue weighted by atomic mass is 10.1. The second-order valence-corrected chi connectivity index (χ2v) is 15.7. The van der Waals surface area contributed by atoms with Crippen LogP contribution in [0.4, 0.5) is 4.79 Å². The van der Waals surface area contributed by atoms with Gasteiger partial charge in [0.1, 0.15) is 6.61 Å². The third-order valence-corrected chi connectivity index (χ3v) is 12.4. The quantitative estimate of drug-likeness (QED) is 0.204. The van der Waals surface area contributed by atoms with E-state index >= 15 is 0 Å². The fraction of sp³-hybridized carbons (Fsp3) is 0.607. The Labute approximate surface area is 204 Å². The van der Waals surface area contributed by atoms with Crippen LogP contribution < -0.4 is 0 Å². The topological polar surface area (TPSA) is 38.8 Å². The average molecular weight is 474 g/mol. The van der Waals surface area contributed by atoms with Crippen LogP contribution in [0.1, 0.15) is 61.0 Å². The standard InChI is InChI=1S/C28H47NO3Si/c1-10-18-29(28(30)31-20-26-14-12-11-13-15-26)19-27(17-16-22(2)3)21-32-33(23(4)5,24(6)7)25(8)9/h10-17,22-25,27H,1,18-21H2,2-9H3/b17-16+/t27-/m1/s1. The van der Waals surface area contributed by atoms with E-state index in [4.69, 9.17) is 9.16 Å². The van der Waals surface area contributed by atoms with Gasteiger partial charge in [-0.1, -0.05) is 104 Å². The first kappa shape index (κ1) is 29.2. The van der Waals surface area contributed by atoms with Crippen LogP contribution in [0.3, 0.4) is 0 Å². The van der Waals surface area contributed by atoms with Gasteiger partial charge in [0.05, 0.1) is 0 Å². The van der Waals surface area contributed by atoms with Crippen LogP contribution in [0.2, 0.25) is 16.6 Å². The van der Waals surface area contributed by atoms with E-state index in [2.05, 4.69) is 74.1 Å². The molecule has 0 aliphatic heterocycles. The maximum absolute atomic E-state index is 12.9. The Bertz CT molecular complexity index is 706. The van der Waals surface area contributed by atoms with Crippen molar-refractivity contribution in [3.63, 3.8) is 0 Å². The van der Waals surface area contributed by atoms with Crippen LogP contribution in [0.5, 0.6) is 0 Å². The molecule has 0 fully saturated rings. The van der Waals surface area contributed by atoms with Crippen molar-refractivity contribution in [2.45, 2.75) is 78.6 Å². The Kier molecular flexibility index (Phi) is 12.7. The molecule has 0 saturated carbocycles. The third kappa shape index (κ3) is 9.13. The molecule has 0 aromatic heterocycles. The van der Waals surface area contributed by atoms with Crippen LogP contribution in [-0.4, -0.2) is 39.0 Å². The summed E-state index contributed by atoms with van der Waals surface area (Å²) in [4.78, 5) is 14.6. The second kappa shape index (κ2) is 14.4. The molecular formula is C28H47NO3Si.